The molecule has 1 aromatic heterocycles. The number of carbonyl (C=O) groups is 1. The number of carbonyl (C=O) groups excluding carboxylic acids is 1. The van der Waals surface area contributed by atoms with E-state index < -0.39 is 11.7 Å². The largest absolute Gasteiger partial charge is 0.492 e. The zero-order chi connectivity index (χ0) is 16.2. The number of anilines is 1. The molecule has 1 amide bonds. The number of amides is 1. The van der Waals surface area contributed by atoms with E-state index in [4.69, 9.17) is 4.74 Å². The third-order valence-electron chi connectivity index (χ3n) is 3.08. The van der Waals surface area contributed by atoms with Crippen molar-refractivity contribution in [1.82, 2.24) is 10.4 Å². The van der Waals surface area contributed by atoms with Crippen molar-refractivity contribution in [3.05, 3.63) is 53.8 Å². The molecule has 0 radical (unpaired) electrons. The zero-order valence-electron chi connectivity index (χ0n) is 12.3. The van der Waals surface area contributed by atoms with E-state index in [0.717, 1.165) is 10.2 Å². The van der Waals surface area contributed by atoms with Crippen molar-refractivity contribution in [1.29, 1.82) is 0 Å². The van der Waals surface area contributed by atoms with Gasteiger partial charge in [-0.2, -0.15) is 0 Å². The SMILES string of the molecule is CCOc1cccc2sc(NNC(=O)c3ccccc3F)nc12. The first-order chi connectivity index (χ1) is 11.2. The maximum atomic E-state index is 13.6. The number of nitrogens with one attached hydrogen (secondary N) is 2. The van der Waals surface area contributed by atoms with Crippen LogP contribution < -0.4 is 15.6 Å². The van der Waals surface area contributed by atoms with Gasteiger partial charge in [-0.1, -0.05) is 29.5 Å². The summed E-state index contributed by atoms with van der Waals surface area (Å²) in [7, 11) is 0. The van der Waals surface area contributed by atoms with E-state index >= 15 is 0 Å². The maximum absolute atomic E-state index is 13.6. The lowest BCUT2D eigenvalue weighted by atomic mass is 10.2. The molecule has 0 fully saturated rings. The predicted molar refractivity (Wildman–Crippen MR) is 88.3 cm³/mol. The molecule has 23 heavy (non-hydrogen) atoms. The number of hydrogen-bond donors (Lipinski definition) is 2. The summed E-state index contributed by atoms with van der Waals surface area (Å²) in [5, 5.41) is 0.497. The number of hydrogen-bond acceptors (Lipinski definition) is 5. The van der Waals surface area contributed by atoms with E-state index in [1.807, 2.05) is 25.1 Å². The predicted octanol–water partition coefficient (Wildman–Crippen LogP) is 3.59. The number of aromatic nitrogens is 1. The summed E-state index contributed by atoms with van der Waals surface area (Å²) in [6.45, 7) is 2.45. The summed E-state index contributed by atoms with van der Waals surface area (Å²) in [6.07, 6.45) is 0. The van der Waals surface area contributed by atoms with Gasteiger partial charge in [0.2, 0.25) is 5.13 Å². The average Bonchev–Trinajstić information content (AvgIpc) is 2.97. The number of rotatable bonds is 5. The van der Waals surface area contributed by atoms with E-state index in [9.17, 15) is 9.18 Å². The highest BCUT2D eigenvalue weighted by Gasteiger charge is 2.12. The first-order valence-electron chi connectivity index (χ1n) is 7.02. The Morgan fingerprint density at radius 1 is 1.26 bits per heavy atom. The lowest BCUT2D eigenvalue weighted by molar-refractivity contribution is 0.0958. The fraction of sp³-hybridized carbons (Fsp3) is 0.125. The summed E-state index contributed by atoms with van der Waals surface area (Å²) in [5.41, 5.74) is 5.85. The molecule has 0 unspecified atom stereocenters. The molecule has 118 valence electrons. The summed E-state index contributed by atoms with van der Waals surface area (Å²) < 4.78 is 20.0. The quantitative estimate of drug-likeness (QED) is 0.701. The smallest absolute Gasteiger partial charge is 0.272 e. The Balaban J connectivity index is 1.76. The number of para-hydroxylation sites is 1. The van der Waals surface area contributed by atoms with E-state index in [2.05, 4.69) is 15.8 Å². The fourth-order valence-corrected chi connectivity index (χ4v) is 2.91. The van der Waals surface area contributed by atoms with Gasteiger partial charge in [-0.15, -0.1) is 0 Å². The summed E-state index contributed by atoms with van der Waals surface area (Å²) in [6, 6.07) is 11.4. The van der Waals surface area contributed by atoms with Crippen molar-refractivity contribution in [2.24, 2.45) is 0 Å². The molecule has 7 heteroatoms. The Labute approximate surface area is 136 Å². The maximum Gasteiger partial charge on any atom is 0.272 e. The van der Waals surface area contributed by atoms with Gasteiger partial charge in [-0.05, 0) is 31.2 Å². The highest BCUT2D eigenvalue weighted by molar-refractivity contribution is 7.22. The molecule has 1 heterocycles. The van der Waals surface area contributed by atoms with Crippen LogP contribution >= 0.6 is 11.3 Å². The van der Waals surface area contributed by atoms with Gasteiger partial charge < -0.3 is 4.74 Å². The molecule has 0 saturated carbocycles. The standard InChI is InChI=1S/C16H14FN3O2S/c1-2-22-12-8-5-9-13-14(12)18-16(23-13)20-19-15(21)10-6-3-4-7-11(10)17/h3-9H,2H2,1H3,(H,18,20)(H,19,21). The molecule has 3 aromatic rings. The van der Waals surface area contributed by atoms with Crippen LogP contribution in [0.5, 0.6) is 5.75 Å². The molecule has 0 aliphatic rings. The highest BCUT2D eigenvalue weighted by atomic mass is 32.1. The minimum absolute atomic E-state index is 0.0314. The van der Waals surface area contributed by atoms with Crippen molar-refractivity contribution < 1.29 is 13.9 Å². The molecule has 0 spiro atoms. The topological polar surface area (TPSA) is 63.2 Å². The number of hydrazine groups is 1. The lowest BCUT2D eigenvalue weighted by Crippen LogP contribution is -2.29. The molecule has 2 aromatic carbocycles. The third kappa shape index (κ3) is 3.24. The van der Waals surface area contributed by atoms with Crippen LogP contribution in [0.4, 0.5) is 9.52 Å². The van der Waals surface area contributed by atoms with Crippen LogP contribution in [0.1, 0.15) is 17.3 Å². The number of fused-ring (bicyclic) bond motifs is 1. The number of ether oxygens (including phenoxy) is 1. The molecular formula is C16H14FN3O2S. The van der Waals surface area contributed by atoms with Gasteiger partial charge in [0.25, 0.3) is 5.91 Å². The monoisotopic (exact) mass is 331 g/mol. The van der Waals surface area contributed by atoms with E-state index in [1.165, 1.54) is 29.5 Å². The summed E-state index contributed by atoms with van der Waals surface area (Å²) in [5.74, 6) is -0.447. The molecule has 0 aliphatic heterocycles. The van der Waals surface area contributed by atoms with Crippen molar-refractivity contribution in [3.8, 4) is 5.75 Å². The van der Waals surface area contributed by atoms with Crippen molar-refractivity contribution >= 4 is 32.6 Å². The fourth-order valence-electron chi connectivity index (χ4n) is 2.07. The Morgan fingerprint density at radius 2 is 2.09 bits per heavy atom. The second-order valence-electron chi connectivity index (χ2n) is 4.61. The highest BCUT2D eigenvalue weighted by Crippen LogP contribution is 2.31. The van der Waals surface area contributed by atoms with Gasteiger partial charge in [0, 0.05) is 0 Å². The molecule has 0 saturated heterocycles. The van der Waals surface area contributed by atoms with Gasteiger partial charge >= 0.3 is 0 Å². The Hall–Kier alpha value is -2.67. The number of thiazole rings is 1. The second-order valence-corrected chi connectivity index (χ2v) is 5.64. The first-order valence-corrected chi connectivity index (χ1v) is 7.84. The Kier molecular flexibility index (Phi) is 4.38. The van der Waals surface area contributed by atoms with Gasteiger partial charge in [0.05, 0.1) is 16.9 Å². The molecule has 2 N–H and O–H groups in total. The van der Waals surface area contributed by atoms with Gasteiger partial charge in [0.15, 0.2) is 0 Å². The van der Waals surface area contributed by atoms with Crippen molar-refractivity contribution in [2.45, 2.75) is 6.92 Å². The van der Waals surface area contributed by atoms with Gasteiger partial charge in [0.1, 0.15) is 17.1 Å². The third-order valence-corrected chi connectivity index (χ3v) is 4.02. The lowest BCUT2D eigenvalue weighted by Gasteiger charge is -2.06. The molecular weight excluding hydrogens is 317 g/mol. The molecule has 0 atom stereocenters. The van der Waals surface area contributed by atoms with Gasteiger partial charge in [-0.25, -0.2) is 9.37 Å². The normalized spacial score (nSPS) is 10.5. The van der Waals surface area contributed by atoms with E-state index in [1.54, 1.807) is 6.07 Å². The minimum Gasteiger partial charge on any atom is -0.492 e. The molecule has 5 nitrogen and oxygen atoms in total. The average molecular weight is 331 g/mol. The van der Waals surface area contributed by atoms with Crippen LogP contribution in [0, 0.1) is 5.82 Å². The molecule has 0 bridgehead atoms. The molecule has 0 aliphatic carbocycles. The van der Waals surface area contributed by atoms with Crippen molar-refractivity contribution in [3.63, 3.8) is 0 Å². The second kappa shape index (κ2) is 6.62. The summed E-state index contributed by atoms with van der Waals surface area (Å²) >= 11 is 1.37. The Bertz CT molecular complexity index is 850. The van der Waals surface area contributed by atoms with E-state index in [0.29, 0.717) is 17.5 Å². The van der Waals surface area contributed by atoms with Crippen molar-refractivity contribution in [2.75, 3.05) is 12.0 Å². The number of nitrogens with zero attached hydrogens (tertiary/aromatic N) is 1. The van der Waals surface area contributed by atoms with Crippen LogP contribution in [0.25, 0.3) is 10.2 Å². The summed E-state index contributed by atoms with van der Waals surface area (Å²) in [4.78, 5) is 16.4. The van der Waals surface area contributed by atoms with Crippen LogP contribution in [0.2, 0.25) is 0 Å². The van der Waals surface area contributed by atoms with Crippen LogP contribution in [-0.2, 0) is 0 Å². The zero-order valence-corrected chi connectivity index (χ0v) is 13.1. The minimum atomic E-state index is -0.574. The Morgan fingerprint density at radius 3 is 2.87 bits per heavy atom. The van der Waals surface area contributed by atoms with E-state index in [-0.39, 0.29) is 5.56 Å². The van der Waals surface area contributed by atoms with Crippen LogP contribution in [0.15, 0.2) is 42.5 Å². The number of halogens is 1. The number of benzene rings is 2. The van der Waals surface area contributed by atoms with Crippen LogP contribution in [0.3, 0.4) is 0 Å². The van der Waals surface area contributed by atoms with Gasteiger partial charge in [-0.3, -0.25) is 15.6 Å². The van der Waals surface area contributed by atoms with Crippen LogP contribution in [-0.4, -0.2) is 17.5 Å². The first kappa shape index (κ1) is 15.2. The molecule has 3 rings (SSSR count).